The van der Waals surface area contributed by atoms with Crippen LogP contribution in [0.1, 0.15) is 0 Å². The van der Waals surface area contributed by atoms with Crippen molar-refractivity contribution in [2.45, 2.75) is 5.03 Å². The Morgan fingerprint density at radius 1 is 1.62 bits per heavy atom. The average molecular weight is 128 g/mol. The van der Waals surface area contributed by atoms with Gasteiger partial charge in [-0.1, -0.05) is 0 Å². The van der Waals surface area contributed by atoms with Gasteiger partial charge in [0.25, 0.3) is 0 Å². The molecular weight excluding hydrogens is 120 g/mol. The molecule has 0 aromatic carbocycles. The Labute approximate surface area is 52.5 Å². The fourth-order valence-corrected chi connectivity index (χ4v) is 0.934. The second-order valence-corrected chi connectivity index (χ2v) is 2.33. The van der Waals surface area contributed by atoms with Crippen LogP contribution in [-0.2, 0) is 0 Å². The van der Waals surface area contributed by atoms with Gasteiger partial charge < -0.3 is 10.7 Å². The maximum Gasteiger partial charge on any atom is 0.101 e. The molecule has 3 heteroatoms. The Hall–Kier alpha value is -0.570. The third-order valence-electron chi connectivity index (χ3n) is 0.902. The Morgan fingerprint density at radius 2 is 2.38 bits per heavy atom. The summed E-state index contributed by atoms with van der Waals surface area (Å²) in [5, 5.41) is 1.11. The number of aromatic amines is 1. The molecule has 0 bridgehead atoms. The summed E-state index contributed by atoms with van der Waals surface area (Å²) >= 11 is 1.65. The number of nitrogen functional groups attached to an aromatic ring is 1. The molecule has 1 aromatic rings. The van der Waals surface area contributed by atoms with Crippen molar-refractivity contribution in [3.63, 3.8) is 0 Å². The molecule has 0 atom stereocenters. The van der Waals surface area contributed by atoms with Crippen LogP contribution in [0.15, 0.2) is 17.2 Å². The highest BCUT2D eigenvalue weighted by molar-refractivity contribution is 7.98. The third-order valence-corrected chi connectivity index (χ3v) is 1.58. The van der Waals surface area contributed by atoms with E-state index in [1.165, 1.54) is 0 Å². The highest BCUT2D eigenvalue weighted by Crippen LogP contribution is 2.13. The normalized spacial score (nSPS) is 9.62. The molecule has 0 fully saturated rings. The summed E-state index contributed by atoms with van der Waals surface area (Å²) in [5.74, 6) is 0.731. The lowest BCUT2D eigenvalue weighted by Crippen LogP contribution is -1.81. The molecule has 0 aliphatic rings. The van der Waals surface area contributed by atoms with Crippen LogP contribution < -0.4 is 5.73 Å². The molecule has 0 radical (unpaired) electrons. The molecule has 0 spiro atoms. The predicted molar refractivity (Wildman–Crippen MR) is 37.0 cm³/mol. The van der Waals surface area contributed by atoms with Gasteiger partial charge in [0.2, 0.25) is 0 Å². The zero-order valence-electron chi connectivity index (χ0n) is 4.64. The lowest BCUT2D eigenvalue weighted by molar-refractivity contribution is 1.22. The van der Waals surface area contributed by atoms with Crippen LogP contribution >= 0.6 is 11.8 Å². The molecule has 0 aliphatic carbocycles. The Kier molecular flexibility index (Phi) is 1.48. The molecular formula is C5H8N2S. The Morgan fingerprint density at radius 3 is 2.62 bits per heavy atom. The van der Waals surface area contributed by atoms with Crippen molar-refractivity contribution in [1.82, 2.24) is 4.98 Å². The van der Waals surface area contributed by atoms with E-state index in [9.17, 15) is 0 Å². The quantitative estimate of drug-likeness (QED) is 0.560. The number of thioether (sulfide) groups is 1. The van der Waals surface area contributed by atoms with Crippen molar-refractivity contribution < 1.29 is 0 Å². The van der Waals surface area contributed by atoms with E-state index in [4.69, 9.17) is 5.73 Å². The van der Waals surface area contributed by atoms with Crippen molar-refractivity contribution in [3.8, 4) is 0 Å². The minimum absolute atomic E-state index is 0.731. The molecule has 1 aromatic heterocycles. The molecule has 0 amide bonds. The van der Waals surface area contributed by atoms with Crippen molar-refractivity contribution in [2.75, 3.05) is 12.0 Å². The smallest absolute Gasteiger partial charge is 0.101 e. The first-order chi connectivity index (χ1) is 3.83. The highest BCUT2D eigenvalue weighted by Gasteiger charge is 1.88. The zero-order chi connectivity index (χ0) is 5.98. The van der Waals surface area contributed by atoms with Gasteiger partial charge in [-0.2, -0.15) is 0 Å². The van der Waals surface area contributed by atoms with Gasteiger partial charge in [-0.25, -0.2) is 0 Å². The summed E-state index contributed by atoms with van der Waals surface area (Å²) in [6.07, 6.45) is 2.01. The number of anilines is 1. The van der Waals surface area contributed by atoms with E-state index in [-0.39, 0.29) is 0 Å². The predicted octanol–water partition coefficient (Wildman–Crippen LogP) is 1.32. The van der Waals surface area contributed by atoms with Crippen molar-refractivity contribution in [2.24, 2.45) is 0 Å². The van der Waals surface area contributed by atoms with Gasteiger partial charge in [-0.05, 0) is 18.4 Å². The molecule has 0 saturated carbocycles. The van der Waals surface area contributed by atoms with E-state index >= 15 is 0 Å². The Balaban J connectivity index is 2.84. The molecule has 1 rings (SSSR count). The van der Waals surface area contributed by atoms with E-state index < -0.39 is 0 Å². The number of aromatic nitrogens is 1. The van der Waals surface area contributed by atoms with Gasteiger partial charge in [0, 0.05) is 0 Å². The summed E-state index contributed by atoms with van der Waals surface area (Å²) in [5.41, 5.74) is 5.39. The maximum absolute atomic E-state index is 5.39. The van der Waals surface area contributed by atoms with Crippen LogP contribution in [0.2, 0.25) is 0 Å². The monoisotopic (exact) mass is 128 g/mol. The largest absolute Gasteiger partial charge is 0.385 e. The summed E-state index contributed by atoms with van der Waals surface area (Å²) in [7, 11) is 0. The fourth-order valence-electron chi connectivity index (χ4n) is 0.510. The first-order valence-electron chi connectivity index (χ1n) is 2.31. The molecule has 0 aliphatic heterocycles. The molecule has 2 nitrogen and oxygen atoms in total. The number of rotatable bonds is 1. The molecule has 8 heavy (non-hydrogen) atoms. The molecule has 1 heterocycles. The zero-order valence-corrected chi connectivity index (χ0v) is 5.46. The van der Waals surface area contributed by atoms with Gasteiger partial charge >= 0.3 is 0 Å². The van der Waals surface area contributed by atoms with E-state index in [1.807, 2.05) is 18.4 Å². The molecule has 3 N–H and O–H groups in total. The summed E-state index contributed by atoms with van der Waals surface area (Å²) in [6.45, 7) is 0. The molecule has 0 saturated heterocycles. The van der Waals surface area contributed by atoms with Gasteiger partial charge in [0.15, 0.2) is 0 Å². The van der Waals surface area contributed by atoms with Crippen LogP contribution in [0.5, 0.6) is 0 Å². The molecule has 0 unspecified atom stereocenters. The summed E-state index contributed by atoms with van der Waals surface area (Å²) < 4.78 is 0. The van der Waals surface area contributed by atoms with Gasteiger partial charge in [-0.3, -0.25) is 0 Å². The van der Waals surface area contributed by atoms with Crippen LogP contribution in [0.3, 0.4) is 0 Å². The highest BCUT2D eigenvalue weighted by atomic mass is 32.2. The molecule has 44 valence electrons. The van der Waals surface area contributed by atoms with E-state index in [2.05, 4.69) is 4.98 Å². The van der Waals surface area contributed by atoms with Crippen LogP contribution in [0.4, 0.5) is 5.82 Å². The summed E-state index contributed by atoms with van der Waals surface area (Å²) in [6, 6.07) is 3.81. The number of hydrogen-bond donors (Lipinski definition) is 2. The third kappa shape index (κ3) is 0.980. The second kappa shape index (κ2) is 2.13. The SMILES string of the molecule is CSc1ccc(N)[nH]1. The van der Waals surface area contributed by atoms with Gasteiger partial charge in [0.1, 0.15) is 5.82 Å². The van der Waals surface area contributed by atoms with E-state index in [0.29, 0.717) is 0 Å². The van der Waals surface area contributed by atoms with Gasteiger partial charge in [0.05, 0.1) is 5.03 Å². The van der Waals surface area contributed by atoms with Crippen molar-refractivity contribution >= 4 is 17.6 Å². The maximum atomic E-state index is 5.39. The fraction of sp³-hybridized carbons (Fsp3) is 0.200. The lowest BCUT2D eigenvalue weighted by Gasteiger charge is -1.84. The summed E-state index contributed by atoms with van der Waals surface area (Å²) in [4.78, 5) is 2.97. The number of hydrogen-bond acceptors (Lipinski definition) is 2. The number of H-pyrrole nitrogens is 1. The first kappa shape index (κ1) is 5.56. The number of nitrogens with two attached hydrogens (primary N) is 1. The van der Waals surface area contributed by atoms with E-state index in [0.717, 1.165) is 10.8 Å². The van der Waals surface area contributed by atoms with Crippen LogP contribution in [0.25, 0.3) is 0 Å². The standard InChI is InChI=1S/C5H8N2S/c1-8-5-3-2-4(6)7-5/h2-3,7H,6H2,1H3. The minimum Gasteiger partial charge on any atom is -0.385 e. The van der Waals surface area contributed by atoms with Crippen LogP contribution in [0, 0.1) is 0 Å². The minimum atomic E-state index is 0.731. The van der Waals surface area contributed by atoms with Gasteiger partial charge in [-0.15, -0.1) is 11.8 Å². The average Bonchev–Trinajstić information content (AvgIpc) is 2.14. The number of nitrogens with one attached hydrogen (secondary N) is 1. The lowest BCUT2D eigenvalue weighted by atomic mass is 10.6. The first-order valence-corrected chi connectivity index (χ1v) is 3.54. The second-order valence-electron chi connectivity index (χ2n) is 1.48. The Bertz CT molecular complexity index is 171. The van der Waals surface area contributed by atoms with Crippen molar-refractivity contribution in [3.05, 3.63) is 12.1 Å². The van der Waals surface area contributed by atoms with Crippen molar-refractivity contribution in [1.29, 1.82) is 0 Å². The van der Waals surface area contributed by atoms with Crippen LogP contribution in [-0.4, -0.2) is 11.2 Å². The topological polar surface area (TPSA) is 41.8 Å². The van der Waals surface area contributed by atoms with E-state index in [1.54, 1.807) is 11.8 Å².